The highest BCUT2D eigenvalue weighted by Crippen LogP contribution is 2.26. The SMILES string of the molecule is CN1CCCC(N(C(=O)c2cccs2)c2ccn(-c3ccccc3)n2)CC1. The number of anilines is 1. The molecular weight excluding hydrogens is 356 g/mol. The molecule has 0 spiro atoms. The molecule has 0 radical (unpaired) electrons. The topological polar surface area (TPSA) is 41.4 Å². The van der Waals surface area contributed by atoms with E-state index in [1.54, 1.807) is 0 Å². The van der Waals surface area contributed by atoms with Crippen molar-refractivity contribution in [2.24, 2.45) is 0 Å². The number of hydrogen-bond acceptors (Lipinski definition) is 4. The zero-order chi connectivity index (χ0) is 18.6. The van der Waals surface area contributed by atoms with Crippen molar-refractivity contribution in [2.75, 3.05) is 25.0 Å². The Balaban J connectivity index is 1.67. The molecule has 140 valence electrons. The smallest absolute Gasteiger partial charge is 0.269 e. The Morgan fingerprint density at radius 3 is 2.74 bits per heavy atom. The molecule has 1 atom stereocenters. The average molecular weight is 381 g/mol. The number of aromatic nitrogens is 2. The third kappa shape index (κ3) is 3.96. The molecule has 5 nitrogen and oxygen atoms in total. The Kier molecular flexibility index (Phi) is 5.36. The highest BCUT2D eigenvalue weighted by molar-refractivity contribution is 7.12. The second-order valence-corrected chi connectivity index (χ2v) is 7.94. The van der Waals surface area contributed by atoms with Crippen molar-refractivity contribution in [3.05, 3.63) is 65.0 Å². The molecule has 1 unspecified atom stereocenters. The van der Waals surface area contributed by atoms with Gasteiger partial charge in [-0.25, -0.2) is 4.68 Å². The van der Waals surface area contributed by atoms with Crippen molar-refractivity contribution in [3.63, 3.8) is 0 Å². The molecule has 0 aliphatic carbocycles. The van der Waals surface area contributed by atoms with Crippen LogP contribution in [0.15, 0.2) is 60.1 Å². The molecule has 6 heteroatoms. The van der Waals surface area contributed by atoms with Gasteiger partial charge in [0, 0.05) is 18.3 Å². The predicted octanol–water partition coefficient (Wildman–Crippen LogP) is 4.06. The van der Waals surface area contributed by atoms with Crippen LogP contribution in [0.2, 0.25) is 0 Å². The number of para-hydroxylation sites is 1. The third-order valence-corrected chi connectivity index (χ3v) is 5.94. The highest BCUT2D eigenvalue weighted by Gasteiger charge is 2.30. The summed E-state index contributed by atoms with van der Waals surface area (Å²) < 4.78 is 1.84. The van der Waals surface area contributed by atoms with E-state index in [2.05, 4.69) is 11.9 Å². The third-order valence-electron chi connectivity index (χ3n) is 5.08. The summed E-state index contributed by atoms with van der Waals surface area (Å²) in [6, 6.07) is 16.0. The lowest BCUT2D eigenvalue weighted by molar-refractivity contribution is 0.0977. The van der Waals surface area contributed by atoms with Crippen molar-refractivity contribution in [2.45, 2.75) is 25.3 Å². The van der Waals surface area contributed by atoms with Crippen LogP contribution in [-0.4, -0.2) is 46.8 Å². The number of rotatable bonds is 4. The minimum Gasteiger partial charge on any atom is -0.306 e. The van der Waals surface area contributed by atoms with Crippen molar-refractivity contribution in [1.29, 1.82) is 0 Å². The minimum absolute atomic E-state index is 0.0536. The maximum absolute atomic E-state index is 13.3. The van der Waals surface area contributed by atoms with Crippen molar-refractivity contribution >= 4 is 23.1 Å². The molecule has 27 heavy (non-hydrogen) atoms. The molecule has 3 aromatic rings. The molecule has 1 aliphatic heterocycles. The molecular formula is C21H24N4OS. The second-order valence-electron chi connectivity index (χ2n) is 6.99. The Hall–Kier alpha value is -2.44. The standard InChI is InChI=1S/C21H24N4OS/c1-23-13-5-9-18(11-14-23)25(21(26)19-10-6-16-27-19)20-12-15-24(22-20)17-7-3-2-4-8-17/h2-4,6-8,10,12,15-16,18H,5,9,11,13-14H2,1H3. The lowest BCUT2D eigenvalue weighted by atomic mass is 10.1. The zero-order valence-electron chi connectivity index (χ0n) is 15.5. The second kappa shape index (κ2) is 8.06. The quantitative estimate of drug-likeness (QED) is 0.685. The maximum atomic E-state index is 13.3. The van der Waals surface area contributed by atoms with Crippen LogP contribution in [0.3, 0.4) is 0 Å². The minimum atomic E-state index is 0.0536. The van der Waals surface area contributed by atoms with E-state index in [-0.39, 0.29) is 11.9 Å². The Morgan fingerprint density at radius 2 is 1.96 bits per heavy atom. The van der Waals surface area contributed by atoms with Gasteiger partial charge in [-0.3, -0.25) is 9.69 Å². The summed E-state index contributed by atoms with van der Waals surface area (Å²) in [6.07, 6.45) is 4.99. The number of carbonyl (C=O) groups excluding carboxylic acids is 1. The predicted molar refractivity (Wildman–Crippen MR) is 110 cm³/mol. The van der Waals surface area contributed by atoms with Gasteiger partial charge in [-0.2, -0.15) is 0 Å². The fraction of sp³-hybridized carbons (Fsp3) is 0.333. The molecule has 3 heterocycles. The van der Waals surface area contributed by atoms with Gasteiger partial charge in [0.15, 0.2) is 5.82 Å². The lowest BCUT2D eigenvalue weighted by Crippen LogP contribution is -2.41. The number of benzene rings is 1. The summed E-state index contributed by atoms with van der Waals surface area (Å²) in [4.78, 5) is 18.3. The van der Waals surface area contributed by atoms with Crippen LogP contribution in [0.4, 0.5) is 5.82 Å². The van der Waals surface area contributed by atoms with Gasteiger partial charge >= 0.3 is 0 Å². The Labute approximate surface area is 163 Å². The van der Waals surface area contributed by atoms with E-state index in [4.69, 9.17) is 5.10 Å². The largest absolute Gasteiger partial charge is 0.306 e. The van der Waals surface area contributed by atoms with Gasteiger partial charge < -0.3 is 4.90 Å². The monoisotopic (exact) mass is 380 g/mol. The first kappa shape index (κ1) is 17.9. The van der Waals surface area contributed by atoms with Gasteiger partial charge in [0.25, 0.3) is 5.91 Å². The molecule has 1 saturated heterocycles. The normalized spacial score (nSPS) is 18.2. The molecule has 1 amide bonds. The number of likely N-dealkylation sites (tertiary alicyclic amines) is 1. The van der Waals surface area contributed by atoms with Crippen molar-refractivity contribution in [1.82, 2.24) is 14.7 Å². The highest BCUT2D eigenvalue weighted by atomic mass is 32.1. The molecule has 4 rings (SSSR count). The summed E-state index contributed by atoms with van der Waals surface area (Å²) in [5.74, 6) is 0.782. The van der Waals surface area contributed by atoms with E-state index < -0.39 is 0 Å². The molecule has 2 aromatic heterocycles. The van der Waals surface area contributed by atoms with Crippen LogP contribution in [0.5, 0.6) is 0 Å². The first-order chi connectivity index (χ1) is 13.2. The number of carbonyl (C=O) groups is 1. The lowest BCUT2D eigenvalue weighted by Gasteiger charge is -2.29. The van der Waals surface area contributed by atoms with Crippen LogP contribution < -0.4 is 4.90 Å². The van der Waals surface area contributed by atoms with E-state index in [1.165, 1.54) is 11.3 Å². The van der Waals surface area contributed by atoms with Crippen LogP contribution in [0.1, 0.15) is 28.9 Å². The summed E-state index contributed by atoms with van der Waals surface area (Å²) >= 11 is 1.49. The number of hydrogen-bond donors (Lipinski definition) is 0. The van der Waals surface area contributed by atoms with Crippen LogP contribution in [0, 0.1) is 0 Å². The van der Waals surface area contributed by atoms with E-state index in [0.717, 1.165) is 48.7 Å². The molecule has 0 N–H and O–H groups in total. The van der Waals surface area contributed by atoms with Crippen molar-refractivity contribution < 1.29 is 4.79 Å². The van der Waals surface area contributed by atoms with Crippen LogP contribution in [-0.2, 0) is 0 Å². The molecule has 1 aliphatic rings. The van der Waals surface area contributed by atoms with Crippen LogP contribution in [0.25, 0.3) is 5.69 Å². The fourth-order valence-electron chi connectivity index (χ4n) is 3.62. The van der Waals surface area contributed by atoms with E-state index in [9.17, 15) is 4.79 Å². The summed E-state index contributed by atoms with van der Waals surface area (Å²) in [5.41, 5.74) is 0.993. The van der Waals surface area contributed by atoms with E-state index >= 15 is 0 Å². The summed E-state index contributed by atoms with van der Waals surface area (Å²) in [7, 11) is 2.15. The van der Waals surface area contributed by atoms with Gasteiger partial charge in [-0.15, -0.1) is 16.4 Å². The van der Waals surface area contributed by atoms with Gasteiger partial charge in [0.05, 0.1) is 10.6 Å². The molecule has 0 saturated carbocycles. The van der Waals surface area contributed by atoms with Crippen LogP contribution >= 0.6 is 11.3 Å². The number of amides is 1. The average Bonchev–Trinajstić information content (AvgIpc) is 3.35. The first-order valence-corrected chi connectivity index (χ1v) is 10.3. The number of nitrogens with zero attached hydrogens (tertiary/aromatic N) is 4. The van der Waals surface area contributed by atoms with Gasteiger partial charge in [0.1, 0.15) is 0 Å². The zero-order valence-corrected chi connectivity index (χ0v) is 16.3. The summed E-state index contributed by atoms with van der Waals surface area (Å²) in [6.45, 7) is 2.08. The first-order valence-electron chi connectivity index (χ1n) is 9.39. The Bertz CT molecular complexity index is 875. The fourth-order valence-corrected chi connectivity index (χ4v) is 4.28. The Morgan fingerprint density at radius 1 is 1.11 bits per heavy atom. The maximum Gasteiger partial charge on any atom is 0.269 e. The molecule has 1 fully saturated rings. The van der Waals surface area contributed by atoms with Gasteiger partial charge in [-0.1, -0.05) is 24.3 Å². The van der Waals surface area contributed by atoms with Gasteiger partial charge in [0.2, 0.25) is 0 Å². The molecule has 1 aromatic carbocycles. The van der Waals surface area contributed by atoms with Gasteiger partial charge in [-0.05, 0) is 63.0 Å². The summed E-state index contributed by atoms with van der Waals surface area (Å²) in [5, 5.41) is 6.70. The molecule has 0 bridgehead atoms. The van der Waals surface area contributed by atoms with E-state index in [0.29, 0.717) is 0 Å². The number of thiophene rings is 1. The van der Waals surface area contributed by atoms with E-state index in [1.807, 2.05) is 69.7 Å². The van der Waals surface area contributed by atoms with Crippen molar-refractivity contribution in [3.8, 4) is 5.69 Å².